The van der Waals surface area contributed by atoms with E-state index in [4.69, 9.17) is 0 Å². The number of carbonyl (C=O) groups excluding carboxylic acids is 1. The number of likely N-dealkylation sites (tertiary alicyclic amines) is 1. The first-order chi connectivity index (χ1) is 17.3. The molecule has 2 aliphatic rings. The minimum atomic E-state index is 0.189. The van der Waals surface area contributed by atoms with Crippen molar-refractivity contribution in [2.24, 2.45) is 23.7 Å². The lowest BCUT2D eigenvalue weighted by molar-refractivity contribution is -0.140. The lowest BCUT2D eigenvalue weighted by Crippen LogP contribution is -2.50. The Morgan fingerprint density at radius 3 is 2.17 bits per heavy atom. The van der Waals surface area contributed by atoms with Gasteiger partial charge in [-0.1, -0.05) is 92.0 Å². The molecule has 2 atom stereocenters. The highest BCUT2D eigenvalue weighted by Crippen LogP contribution is 2.28. The Hall–Kier alpha value is -1.53. The molecule has 0 bridgehead atoms. The summed E-state index contributed by atoms with van der Waals surface area (Å²) in [5.74, 6) is 2.54. The second-order valence-electron chi connectivity index (χ2n) is 11.2. The molecule has 0 saturated carbocycles. The van der Waals surface area contributed by atoms with Crippen LogP contribution in [0, 0.1) is 36.5 Å². The molecule has 1 aliphatic carbocycles. The number of allylic oxidation sites excluding steroid dienone is 3. The molecule has 36 heavy (non-hydrogen) atoms. The number of rotatable bonds is 13. The maximum absolute atomic E-state index is 13.8. The molecule has 1 heterocycles. The van der Waals surface area contributed by atoms with Crippen molar-refractivity contribution in [1.29, 1.82) is 0 Å². The molecule has 1 saturated heterocycles. The highest BCUT2D eigenvalue weighted by Gasteiger charge is 2.32. The fourth-order valence-corrected chi connectivity index (χ4v) is 5.24. The van der Waals surface area contributed by atoms with Crippen molar-refractivity contribution >= 4 is 5.91 Å². The van der Waals surface area contributed by atoms with Gasteiger partial charge in [-0.15, -0.1) is 12.8 Å². The normalized spacial score (nSPS) is 19.1. The Morgan fingerprint density at radius 1 is 1.03 bits per heavy atom. The van der Waals surface area contributed by atoms with Gasteiger partial charge in [-0.2, -0.15) is 0 Å². The van der Waals surface area contributed by atoms with E-state index in [-0.39, 0.29) is 5.92 Å². The van der Waals surface area contributed by atoms with Crippen LogP contribution in [0.1, 0.15) is 113 Å². The molecule has 0 aromatic heterocycles. The summed E-state index contributed by atoms with van der Waals surface area (Å²) >= 11 is 0. The van der Waals surface area contributed by atoms with Crippen molar-refractivity contribution in [3.63, 3.8) is 0 Å². The van der Waals surface area contributed by atoms with Crippen LogP contribution in [0.15, 0.2) is 23.8 Å². The molecule has 2 unspecified atom stereocenters. The second-order valence-corrected chi connectivity index (χ2v) is 11.2. The van der Waals surface area contributed by atoms with Gasteiger partial charge in [0.1, 0.15) is 0 Å². The van der Waals surface area contributed by atoms with Crippen LogP contribution < -0.4 is 0 Å². The molecule has 0 N–H and O–H groups in total. The molecule has 3 heteroatoms. The molecule has 3 nitrogen and oxygen atoms in total. The number of terminal acetylenes is 1. The summed E-state index contributed by atoms with van der Waals surface area (Å²) in [6.45, 7) is 22.0. The SMILES string of the molecule is C#C.CC.CCCC1=CC(CN(C(=O)C(CC)CCC(C)C)C2CCN(CCC(C)C)CC2)CC=C1. The van der Waals surface area contributed by atoms with Crippen LogP contribution in [0.3, 0.4) is 0 Å². The Kier molecular flexibility index (Phi) is 19.6. The molecule has 1 fully saturated rings. The van der Waals surface area contributed by atoms with Crippen molar-refractivity contribution in [3.8, 4) is 12.8 Å². The summed E-state index contributed by atoms with van der Waals surface area (Å²) in [6.07, 6.45) is 25.2. The first-order valence-corrected chi connectivity index (χ1v) is 15.1. The largest absolute Gasteiger partial charge is 0.339 e. The van der Waals surface area contributed by atoms with Crippen LogP contribution in [0.4, 0.5) is 0 Å². The lowest BCUT2D eigenvalue weighted by Gasteiger charge is -2.41. The van der Waals surface area contributed by atoms with E-state index in [1.165, 1.54) is 25.0 Å². The summed E-state index contributed by atoms with van der Waals surface area (Å²) in [6, 6.07) is 0.417. The standard InChI is InChI=1S/C29H52N2O.C2H6.C2H2/c1-7-10-25-11-9-12-26(21-25)22-31(29(32)27(8-2)14-13-23(3)4)28-16-19-30(20-17-28)18-15-24(5)6;2*1-2/h9,11,21,23-24,26-28H,7-8,10,12-20,22H2,1-6H3;1-2H3;1-2H. The fraction of sp³-hybridized carbons (Fsp3) is 0.788. The van der Waals surface area contributed by atoms with Crippen molar-refractivity contribution in [2.75, 3.05) is 26.2 Å². The zero-order chi connectivity index (χ0) is 27.5. The third kappa shape index (κ3) is 13.1. The molecule has 0 aromatic carbocycles. The number of piperidine rings is 1. The highest BCUT2D eigenvalue weighted by atomic mass is 16.2. The molecular weight excluding hydrogens is 440 g/mol. The predicted molar refractivity (Wildman–Crippen MR) is 160 cm³/mol. The summed E-state index contributed by atoms with van der Waals surface area (Å²) in [7, 11) is 0. The maximum atomic E-state index is 13.8. The van der Waals surface area contributed by atoms with Crippen molar-refractivity contribution < 1.29 is 4.79 Å². The molecule has 0 radical (unpaired) electrons. The summed E-state index contributed by atoms with van der Waals surface area (Å²) < 4.78 is 0. The minimum Gasteiger partial charge on any atom is -0.339 e. The fourth-order valence-electron chi connectivity index (χ4n) is 5.24. The number of hydrogen-bond donors (Lipinski definition) is 0. The third-order valence-corrected chi connectivity index (χ3v) is 7.43. The zero-order valence-electron chi connectivity index (χ0n) is 25.3. The van der Waals surface area contributed by atoms with Crippen molar-refractivity contribution in [3.05, 3.63) is 23.8 Å². The van der Waals surface area contributed by atoms with Crippen LogP contribution in [0.25, 0.3) is 0 Å². The summed E-state index contributed by atoms with van der Waals surface area (Å²) in [5, 5.41) is 0. The van der Waals surface area contributed by atoms with E-state index in [1.807, 2.05) is 13.8 Å². The molecule has 2 rings (SSSR count). The van der Waals surface area contributed by atoms with E-state index >= 15 is 0 Å². The monoisotopic (exact) mass is 500 g/mol. The van der Waals surface area contributed by atoms with Crippen LogP contribution in [-0.4, -0.2) is 47.9 Å². The average Bonchev–Trinajstić information content (AvgIpc) is 2.89. The van der Waals surface area contributed by atoms with Gasteiger partial charge in [0, 0.05) is 31.6 Å². The smallest absolute Gasteiger partial charge is 0.225 e. The summed E-state index contributed by atoms with van der Waals surface area (Å²) in [5.41, 5.74) is 1.46. The van der Waals surface area contributed by atoms with E-state index in [2.05, 4.69) is 82.4 Å². The molecule has 1 amide bonds. The molecule has 1 aliphatic heterocycles. The van der Waals surface area contributed by atoms with Crippen LogP contribution in [0.2, 0.25) is 0 Å². The van der Waals surface area contributed by atoms with Gasteiger partial charge in [0.2, 0.25) is 5.91 Å². The van der Waals surface area contributed by atoms with E-state index in [0.29, 0.717) is 23.8 Å². The van der Waals surface area contributed by atoms with E-state index in [9.17, 15) is 4.79 Å². The van der Waals surface area contributed by atoms with Gasteiger partial charge in [0.25, 0.3) is 0 Å². The molecule has 0 spiro atoms. The Labute approximate surface area is 226 Å². The number of amides is 1. The van der Waals surface area contributed by atoms with Gasteiger partial charge in [-0.05, 0) is 69.2 Å². The van der Waals surface area contributed by atoms with Crippen molar-refractivity contribution in [2.45, 2.75) is 119 Å². The molecule has 0 aromatic rings. The van der Waals surface area contributed by atoms with Crippen LogP contribution in [0.5, 0.6) is 0 Å². The van der Waals surface area contributed by atoms with Crippen molar-refractivity contribution in [1.82, 2.24) is 9.80 Å². The Bertz CT molecular complexity index is 637. The van der Waals surface area contributed by atoms with Gasteiger partial charge >= 0.3 is 0 Å². The average molecular weight is 501 g/mol. The third-order valence-electron chi connectivity index (χ3n) is 7.43. The quantitative estimate of drug-likeness (QED) is 0.237. The number of carbonyl (C=O) groups is 1. The number of nitrogens with zero attached hydrogens (tertiary/aromatic N) is 2. The molecule has 208 valence electrons. The topological polar surface area (TPSA) is 23.6 Å². The van der Waals surface area contributed by atoms with Gasteiger partial charge in [-0.3, -0.25) is 4.79 Å². The zero-order valence-corrected chi connectivity index (χ0v) is 25.3. The van der Waals surface area contributed by atoms with E-state index in [0.717, 1.165) is 70.5 Å². The first-order valence-electron chi connectivity index (χ1n) is 15.1. The maximum Gasteiger partial charge on any atom is 0.225 e. The second kappa shape index (κ2) is 20.5. The van der Waals surface area contributed by atoms with E-state index in [1.54, 1.807) is 0 Å². The minimum absolute atomic E-state index is 0.189. The lowest BCUT2D eigenvalue weighted by atomic mass is 9.89. The van der Waals surface area contributed by atoms with Gasteiger partial charge in [0.05, 0.1) is 0 Å². The highest BCUT2D eigenvalue weighted by molar-refractivity contribution is 5.79. The first kappa shape index (κ1) is 34.5. The Morgan fingerprint density at radius 2 is 1.64 bits per heavy atom. The number of hydrogen-bond acceptors (Lipinski definition) is 2. The van der Waals surface area contributed by atoms with Crippen LogP contribution in [-0.2, 0) is 4.79 Å². The van der Waals surface area contributed by atoms with E-state index < -0.39 is 0 Å². The summed E-state index contributed by atoms with van der Waals surface area (Å²) in [4.78, 5) is 18.8. The Balaban J connectivity index is 0.00000291. The van der Waals surface area contributed by atoms with Gasteiger partial charge in [0.15, 0.2) is 0 Å². The van der Waals surface area contributed by atoms with Gasteiger partial charge < -0.3 is 9.80 Å². The molecular formula is C33H60N2O. The predicted octanol–water partition coefficient (Wildman–Crippen LogP) is 8.37. The van der Waals surface area contributed by atoms with Gasteiger partial charge in [-0.25, -0.2) is 0 Å². The van der Waals surface area contributed by atoms with Crippen LogP contribution >= 0.6 is 0 Å².